The number of ether oxygens (including phenoxy) is 2. The summed E-state index contributed by atoms with van der Waals surface area (Å²) in [5, 5.41) is 0. The molecule has 1 aliphatic rings. The van der Waals surface area contributed by atoms with Crippen molar-refractivity contribution in [2.45, 2.75) is 13.8 Å². The van der Waals surface area contributed by atoms with Gasteiger partial charge in [-0.25, -0.2) is 0 Å². The predicted molar refractivity (Wildman–Crippen MR) is 75.2 cm³/mol. The van der Waals surface area contributed by atoms with Gasteiger partial charge in [-0.3, -0.25) is 19.4 Å². The topological polar surface area (TPSA) is 59.1 Å². The highest BCUT2D eigenvalue weighted by atomic mass is 16.5. The third kappa shape index (κ3) is 5.09. The maximum atomic E-state index is 11.4. The standard InChI is InChI=1S/C14H26N2O4/c1-11(13(17)19-3)9-15-5-7-16(8-6-15)10-12(2)14(18)20-4/h11-12H,5-10H2,1-4H3/t11-,12+. The van der Waals surface area contributed by atoms with Crippen LogP contribution in [0.3, 0.4) is 0 Å². The lowest BCUT2D eigenvalue weighted by atomic mass is 10.1. The van der Waals surface area contributed by atoms with E-state index in [1.807, 2.05) is 13.8 Å². The van der Waals surface area contributed by atoms with Crippen molar-refractivity contribution >= 4 is 11.9 Å². The molecule has 0 spiro atoms. The van der Waals surface area contributed by atoms with Crippen molar-refractivity contribution in [1.82, 2.24) is 9.80 Å². The van der Waals surface area contributed by atoms with Gasteiger partial charge in [-0.05, 0) is 0 Å². The van der Waals surface area contributed by atoms with Crippen LogP contribution in [-0.2, 0) is 19.1 Å². The minimum absolute atomic E-state index is 0.0967. The Balaban J connectivity index is 2.29. The van der Waals surface area contributed by atoms with Gasteiger partial charge in [0.25, 0.3) is 0 Å². The molecule has 6 nitrogen and oxygen atoms in total. The van der Waals surface area contributed by atoms with Crippen molar-refractivity contribution in [2.75, 3.05) is 53.5 Å². The van der Waals surface area contributed by atoms with Gasteiger partial charge in [0.2, 0.25) is 0 Å². The van der Waals surface area contributed by atoms with Crippen LogP contribution in [0.5, 0.6) is 0 Å². The quantitative estimate of drug-likeness (QED) is 0.651. The van der Waals surface area contributed by atoms with Crippen molar-refractivity contribution in [1.29, 1.82) is 0 Å². The predicted octanol–water partition coefficient (Wildman–Crippen LogP) is 0.222. The summed E-state index contributed by atoms with van der Waals surface area (Å²) in [6, 6.07) is 0. The van der Waals surface area contributed by atoms with Gasteiger partial charge in [0.1, 0.15) is 0 Å². The van der Waals surface area contributed by atoms with E-state index in [1.165, 1.54) is 14.2 Å². The van der Waals surface area contributed by atoms with Crippen molar-refractivity contribution in [3.63, 3.8) is 0 Å². The summed E-state index contributed by atoms with van der Waals surface area (Å²) in [6.45, 7) is 8.88. The first kappa shape index (κ1) is 16.9. The summed E-state index contributed by atoms with van der Waals surface area (Å²) in [4.78, 5) is 27.3. The summed E-state index contributed by atoms with van der Waals surface area (Å²) in [5.74, 6) is -0.514. The number of hydrogen-bond donors (Lipinski definition) is 0. The molecule has 0 aliphatic carbocycles. The number of carbonyl (C=O) groups is 2. The van der Waals surface area contributed by atoms with Crippen LogP contribution in [0.1, 0.15) is 13.8 Å². The number of esters is 2. The molecule has 20 heavy (non-hydrogen) atoms. The molecule has 1 rings (SSSR count). The normalized spacial score (nSPS) is 20.2. The number of rotatable bonds is 6. The average Bonchev–Trinajstić information content (AvgIpc) is 2.47. The first-order chi connectivity index (χ1) is 9.47. The average molecular weight is 286 g/mol. The number of nitrogens with zero attached hydrogens (tertiary/aromatic N) is 2. The smallest absolute Gasteiger partial charge is 0.309 e. The molecule has 0 amide bonds. The van der Waals surface area contributed by atoms with Crippen molar-refractivity contribution in [3.05, 3.63) is 0 Å². The third-order valence-corrected chi connectivity index (χ3v) is 3.74. The van der Waals surface area contributed by atoms with Crippen LogP contribution in [-0.4, -0.2) is 75.2 Å². The Bertz CT molecular complexity index is 295. The largest absolute Gasteiger partial charge is 0.469 e. The highest BCUT2D eigenvalue weighted by Crippen LogP contribution is 2.09. The van der Waals surface area contributed by atoms with Crippen LogP contribution in [0.25, 0.3) is 0 Å². The molecule has 1 heterocycles. The highest BCUT2D eigenvalue weighted by Gasteiger charge is 2.24. The van der Waals surface area contributed by atoms with E-state index in [9.17, 15) is 9.59 Å². The Morgan fingerprint density at radius 2 is 1.15 bits per heavy atom. The maximum Gasteiger partial charge on any atom is 0.309 e. The van der Waals surface area contributed by atoms with Crippen molar-refractivity contribution < 1.29 is 19.1 Å². The molecule has 1 aliphatic heterocycles. The van der Waals surface area contributed by atoms with Crippen LogP contribution in [0.4, 0.5) is 0 Å². The molecule has 2 atom stereocenters. The third-order valence-electron chi connectivity index (χ3n) is 3.74. The second-order valence-electron chi connectivity index (χ2n) is 5.45. The zero-order valence-electron chi connectivity index (χ0n) is 12.9. The van der Waals surface area contributed by atoms with Gasteiger partial charge in [0, 0.05) is 39.3 Å². The van der Waals surface area contributed by atoms with Gasteiger partial charge in [-0.1, -0.05) is 13.8 Å². The lowest BCUT2D eigenvalue weighted by Gasteiger charge is -2.36. The van der Waals surface area contributed by atoms with Gasteiger partial charge in [-0.15, -0.1) is 0 Å². The molecule has 0 saturated carbocycles. The number of carbonyl (C=O) groups excluding carboxylic acids is 2. The molecule has 0 N–H and O–H groups in total. The fraction of sp³-hybridized carbons (Fsp3) is 0.857. The lowest BCUT2D eigenvalue weighted by molar-refractivity contribution is -0.147. The molecular weight excluding hydrogens is 260 g/mol. The number of hydrogen-bond acceptors (Lipinski definition) is 6. The van der Waals surface area contributed by atoms with E-state index in [2.05, 4.69) is 9.80 Å². The Hall–Kier alpha value is -1.14. The maximum absolute atomic E-state index is 11.4. The van der Waals surface area contributed by atoms with E-state index < -0.39 is 0 Å². The van der Waals surface area contributed by atoms with E-state index in [0.717, 1.165) is 39.3 Å². The second-order valence-corrected chi connectivity index (χ2v) is 5.45. The van der Waals surface area contributed by atoms with Crippen LogP contribution in [0.15, 0.2) is 0 Å². The van der Waals surface area contributed by atoms with Gasteiger partial charge in [0.05, 0.1) is 26.1 Å². The molecule has 0 aromatic carbocycles. The van der Waals surface area contributed by atoms with Gasteiger partial charge < -0.3 is 9.47 Å². The van der Waals surface area contributed by atoms with Gasteiger partial charge in [-0.2, -0.15) is 0 Å². The van der Waals surface area contributed by atoms with Crippen LogP contribution < -0.4 is 0 Å². The molecule has 116 valence electrons. The molecule has 0 bridgehead atoms. The zero-order chi connectivity index (χ0) is 15.1. The lowest BCUT2D eigenvalue weighted by Crippen LogP contribution is -2.49. The molecule has 1 saturated heterocycles. The number of methoxy groups -OCH3 is 2. The fourth-order valence-corrected chi connectivity index (χ4v) is 2.48. The summed E-state index contributed by atoms with van der Waals surface area (Å²) >= 11 is 0. The first-order valence-electron chi connectivity index (χ1n) is 7.08. The van der Waals surface area contributed by atoms with Gasteiger partial charge in [0.15, 0.2) is 0 Å². The Kier molecular flexibility index (Phi) is 6.95. The van der Waals surface area contributed by atoms with Gasteiger partial charge >= 0.3 is 11.9 Å². The molecular formula is C14H26N2O4. The van der Waals surface area contributed by atoms with Crippen molar-refractivity contribution in [2.24, 2.45) is 11.8 Å². The summed E-state index contributed by atoms with van der Waals surface area (Å²) in [6.07, 6.45) is 0. The van der Waals surface area contributed by atoms with Crippen LogP contribution in [0.2, 0.25) is 0 Å². The molecule has 0 aromatic heterocycles. The van der Waals surface area contributed by atoms with Crippen molar-refractivity contribution in [3.8, 4) is 0 Å². The Morgan fingerprint density at radius 3 is 1.40 bits per heavy atom. The minimum atomic E-state index is -0.160. The summed E-state index contributed by atoms with van der Waals surface area (Å²) in [7, 11) is 2.84. The monoisotopic (exact) mass is 286 g/mol. The van der Waals surface area contributed by atoms with Crippen LogP contribution >= 0.6 is 0 Å². The minimum Gasteiger partial charge on any atom is -0.469 e. The molecule has 0 aromatic rings. The van der Waals surface area contributed by atoms with E-state index in [0.29, 0.717) is 0 Å². The fourth-order valence-electron chi connectivity index (χ4n) is 2.48. The molecule has 6 heteroatoms. The van der Waals surface area contributed by atoms with E-state index >= 15 is 0 Å². The SMILES string of the molecule is COC(=O)[C@H](C)CN1CCN(C[C@H](C)C(=O)OC)CC1. The van der Waals surface area contributed by atoms with Crippen LogP contribution in [0, 0.1) is 11.8 Å². The second kappa shape index (κ2) is 8.21. The Labute approximate surface area is 121 Å². The molecule has 1 fully saturated rings. The highest BCUT2D eigenvalue weighted by molar-refractivity contribution is 5.72. The number of piperazine rings is 1. The van der Waals surface area contributed by atoms with E-state index in [-0.39, 0.29) is 23.8 Å². The first-order valence-corrected chi connectivity index (χ1v) is 7.08. The van der Waals surface area contributed by atoms with E-state index in [1.54, 1.807) is 0 Å². The summed E-state index contributed by atoms with van der Waals surface area (Å²) < 4.78 is 9.48. The molecule has 0 unspecified atom stereocenters. The van der Waals surface area contributed by atoms with E-state index in [4.69, 9.17) is 9.47 Å². The molecule has 0 radical (unpaired) electrons. The zero-order valence-corrected chi connectivity index (χ0v) is 12.9. The Morgan fingerprint density at radius 1 is 0.850 bits per heavy atom. The summed E-state index contributed by atoms with van der Waals surface area (Å²) in [5.41, 5.74) is 0.